The number of hydrogen-bond donors (Lipinski definition) is 1. The van der Waals surface area contributed by atoms with E-state index in [-0.39, 0.29) is 6.61 Å². The third-order valence-electron chi connectivity index (χ3n) is 2.06. The van der Waals surface area contributed by atoms with Crippen molar-refractivity contribution >= 4 is 0 Å². The highest BCUT2D eigenvalue weighted by atomic mass is 16.4. The van der Waals surface area contributed by atoms with Crippen molar-refractivity contribution in [2.45, 2.75) is 13.5 Å². The lowest BCUT2D eigenvalue weighted by atomic mass is 10.2. The van der Waals surface area contributed by atoms with Crippen LogP contribution < -0.4 is 0 Å². The zero-order valence-electron chi connectivity index (χ0n) is 7.90. The number of aryl methyl sites for hydroxylation is 1. The lowest BCUT2D eigenvalue weighted by molar-refractivity contribution is 0.247. The van der Waals surface area contributed by atoms with Crippen molar-refractivity contribution in [3.05, 3.63) is 41.8 Å². The maximum atomic E-state index is 8.94. The van der Waals surface area contributed by atoms with Gasteiger partial charge in [0.15, 0.2) is 5.76 Å². The van der Waals surface area contributed by atoms with Gasteiger partial charge < -0.3 is 9.52 Å². The van der Waals surface area contributed by atoms with Crippen LogP contribution in [-0.4, -0.2) is 10.1 Å². The monoisotopic (exact) mass is 189 g/mol. The maximum absolute atomic E-state index is 8.94. The Kier molecular flexibility index (Phi) is 2.33. The number of hydrogen-bond acceptors (Lipinski definition) is 3. The molecule has 72 valence electrons. The van der Waals surface area contributed by atoms with Crippen molar-refractivity contribution in [3.63, 3.8) is 0 Å². The largest absolute Gasteiger partial charge is 0.438 e. The van der Waals surface area contributed by atoms with Crippen LogP contribution in [0.4, 0.5) is 0 Å². The number of aromatic nitrogens is 1. The summed E-state index contributed by atoms with van der Waals surface area (Å²) in [7, 11) is 0. The second kappa shape index (κ2) is 3.64. The van der Waals surface area contributed by atoms with Gasteiger partial charge in [0.2, 0.25) is 5.89 Å². The van der Waals surface area contributed by atoms with Gasteiger partial charge in [0.25, 0.3) is 0 Å². The summed E-state index contributed by atoms with van der Waals surface area (Å²) in [6.07, 6.45) is 0. The summed E-state index contributed by atoms with van der Waals surface area (Å²) >= 11 is 0. The number of nitrogens with zero attached hydrogens (tertiary/aromatic N) is 1. The average Bonchev–Trinajstić information content (AvgIpc) is 2.61. The summed E-state index contributed by atoms with van der Waals surface area (Å²) in [6.45, 7) is 1.72. The van der Waals surface area contributed by atoms with Crippen molar-refractivity contribution in [1.82, 2.24) is 4.98 Å². The van der Waals surface area contributed by atoms with Crippen LogP contribution in [0.1, 0.15) is 11.5 Å². The van der Waals surface area contributed by atoms with Crippen LogP contribution in [0.15, 0.2) is 34.7 Å². The second-order valence-corrected chi connectivity index (χ2v) is 3.05. The lowest BCUT2D eigenvalue weighted by Gasteiger charge is -1.92. The van der Waals surface area contributed by atoms with Gasteiger partial charge in [-0.15, -0.1) is 0 Å². The zero-order valence-corrected chi connectivity index (χ0v) is 7.90. The SMILES string of the molecule is Cc1nc(-c2ccccc2)oc1CO. The van der Waals surface area contributed by atoms with E-state index in [0.29, 0.717) is 11.7 Å². The van der Waals surface area contributed by atoms with Crippen LogP contribution in [0.2, 0.25) is 0 Å². The molecular formula is C11H11NO2. The normalized spacial score (nSPS) is 10.4. The van der Waals surface area contributed by atoms with Crippen LogP contribution >= 0.6 is 0 Å². The van der Waals surface area contributed by atoms with Crippen molar-refractivity contribution in [2.24, 2.45) is 0 Å². The molecule has 0 saturated carbocycles. The Morgan fingerprint density at radius 2 is 2.00 bits per heavy atom. The Morgan fingerprint density at radius 3 is 2.57 bits per heavy atom. The Bertz CT molecular complexity index is 420. The summed E-state index contributed by atoms with van der Waals surface area (Å²) in [5.41, 5.74) is 1.67. The minimum Gasteiger partial charge on any atom is -0.438 e. The first-order valence-electron chi connectivity index (χ1n) is 4.44. The van der Waals surface area contributed by atoms with E-state index in [4.69, 9.17) is 9.52 Å². The van der Waals surface area contributed by atoms with E-state index in [1.807, 2.05) is 37.3 Å². The fourth-order valence-electron chi connectivity index (χ4n) is 1.28. The Labute approximate surface area is 82.0 Å². The molecule has 0 radical (unpaired) electrons. The second-order valence-electron chi connectivity index (χ2n) is 3.05. The van der Waals surface area contributed by atoms with Gasteiger partial charge in [-0.3, -0.25) is 0 Å². The first-order valence-corrected chi connectivity index (χ1v) is 4.44. The van der Waals surface area contributed by atoms with Crippen molar-refractivity contribution < 1.29 is 9.52 Å². The van der Waals surface area contributed by atoms with Gasteiger partial charge in [0.1, 0.15) is 6.61 Å². The highest BCUT2D eigenvalue weighted by molar-refractivity contribution is 5.53. The molecule has 0 saturated heterocycles. The smallest absolute Gasteiger partial charge is 0.226 e. The molecule has 0 atom stereocenters. The molecule has 14 heavy (non-hydrogen) atoms. The molecule has 0 amide bonds. The number of rotatable bonds is 2. The molecule has 1 N–H and O–H groups in total. The molecule has 3 nitrogen and oxygen atoms in total. The Hall–Kier alpha value is -1.61. The van der Waals surface area contributed by atoms with Crippen LogP contribution in [0.25, 0.3) is 11.5 Å². The van der Waals surface area contributed by atoms with E-state index in [1.54, 1.807) is 0 Å². The van der Waals surface area contributed by atoms with Crippen LogP contribution in [0.3, 0.4) is 0 Å². The maximum Gasteiger partial charge on any atom is 0.226 e. The average molecular weight is 189 g/mol. The van der Waals surface area contributed by atoms with Gasteiger partial charge in [-0.25, -0.2) is 4.98 Å². The number of aliphatic hydroxyl groups is 1. The molecule has 0 bridgehead atoms. The molecule has 0 unspecified atom stereocenters. The Balaban J connectivity index is 2.43. The van der Waals surface area contributed by atoms with Crippen LogP contribution in [-0.2, 0) is 6.61 Å². The molecule has 0 aliphatic heterocycles. The minimum atomic E-state index is -0.105. The number of benzene rings is 1. The Morgan fingerprint density at radius 1 is 1.29 bits per heavy atom. The van der Waals surface area contributed by atoms with E-state index in [9.17, 15) is 0 Å². The molecule has 2 aromatic rings. The molecule has 1 aromatic heterocycles. The predicted molar refractivity (Wildman–Crippen MR) is 52.6 cm³/mol. The molecule has 0 spiro atoms. The van der Waals surface area contributed by atoms with E-state index >= 15 is 0 Å². The molecule has 1 aromatic carbocycles. The highest BCUT2D eigenvalue weighted by Crippen LogP contribution is 2.21. The molecule has 0 fully saturated rings. The molecule has 3 heteroatoms. The van der Waals surface area contributed by atoms with Crippen molar-refractivity contribution in [1.29, 1.82) is 0 Å². The summed E-state index contributed by atoms with van der Waals surface area (Å²) in [5.74, 6) is 1.09. The number of aliphatic hydroxyl groups excluding tert-OH is 1. The topological polar surface area (TPSA) is 46.3 Å². The van der Waals surface area contributed by atoms with Crippen molar-refractivity contribution in [3.8, 4) is 11.5 Å². The number of oxazole rings is 1. The van der Waals surface area contributed by atoms with Gasteiger partial charge in [0, 0.05) is 5.56 Å². The predicted octanol–water partition coefficient (Wildman–Crippen LogP) is 2.14. The molecule has 2 rings (SSSR count). The van der Waals surface area contributed by atoms with Crippen molar-refractivity contribution in [2.75, 3.05) is 0 Å². The first kappa shape index (κ1) is 8.97. The first-order chi connectivity index (χ1) is 6.81. The zero-order chi connectivity index (χ0) is 9.97. The summed E-state index contributed by atoms with van der Waals surface area (Å²) in [4.78, 5) is 4.23. The van der Waals surface area contributed by atoms with E-state index < -0.39 is 0 Å². The standard InChI is InChI=1S/C11H11NO2/c1-8-10(7-13)14-11(12-8)9-5-3-2-4-6-9/h2-6,13H,7H2,1H3. The third kappa shape index (κ3) is 1.54. The van der Waals surface area contributed by atoms with E-state index in [1.165, 1.54) is 0 Å². The van der Waals surface area contributed by atoms with E-state index in [0.717, 1.165) is 11.3 Å². The highest BCUT2D eigenvalue weighted by Gasteiger charge is 2.09. The fraction of sp³-hybridized carbons (Fsp3) is 0.182. The molecule has 0 aliphatic carbocycles. The summed E-state index contributed by atoms with van der Waals surface area (Å²) in [6, 6.07) is 9.63. The van der Waals surface area contributed by atoms with Gasteiger partial charge in [-0.05, 0) is 19.1 Å². The van der Waals surface area contributed by atoms with Gasteiger partial charge >= 0.3 is 0 Å². The third-order valence-corrected chi connectivity index (χ3v) is 2.06. The fourth-order valence-corrected chi connectivity index (χ4v) is 1.28. The van der Waals surface area contributed by atoms with Gasteiger partial charge in [-0.2, -0.15) is 0 Å². The molecule has 1 heterocycles. The summed E-state index contributed by atoms with van der Waals surface area (Å²) in [5, 5.41) is 8.94. The van der Waals surface area contributed by atoms with Gasteiger partial charge in [0.05, 0.1) is 5.69 Å². The molecular weight excluding hydrogens is 178 g/mol. The quantitative estimate of drug-likeness (QED) is 0.787. The minimum absolute atomic E-state index is 0.105. The van der Waals surface area contributed by atoms with E-state index in [2.05, 4.69) is 4.98 Å². The lowest BCUT2D eigenvalue weighted by Crippen LogP contribution is -1.81. The van der Waals surface area contributed by atoms with Crippen LogP contribution in [0, 0.1) is 6.92 Å². The van der Waals surface area contributed by atoms with Gasteiger partial charge in [-0.1, -0.05) is 18.2 Å². The van der Waals surface area contributed by atoms with Crippen LogP contribution in [0.5, 0.6) is 0 Å². The molecule has 0 aliphatic rings. The summed E-state index contributed by atoms with van der Waals surface area (Å²) < 4.78 is 5.39.